The number of likely N-dealkylation sites (tertiary alicyclic amines) is 1. The Balaban J connectivity index is 1.72. The first kappa shape index (κ1) is 26.1. The number of aliphatic imine (C=N–C) groups is 1. The molecule has 1 aromatic carbocycles. The molecule has 2 unspecified atom stereocenters. The second-order valence-corrected chi connectivity index (χ2v) is 9.34. The van der Waals surface area contributed by atoms with E-state index >= 15 is 0 Å². The lowest BCUT2D eigenvalue weighted by Gasteiger charge is -2.44. The van der Waals surface area contributed by atoms with Crippen molar-refractivity contribution in [2.45, 2.75) is 25.2 Å². The minimum atomic E-state index is -1.22. The number of carbonyl (C=O) groups excluding carboxylic acids is 1. The zero-order chi connectivity index (χ0) is 25.8. The summed E-state index contributed by atoms with van der Waals surface area (Å²) in [7, 11) is 0. The first-order valence-electron chi connectivity index (χ1n) is 11.1. The molecule has 13 heteroatoms. The number of rotatable bonds is 10. The van der Waals surface area contributed by atoms with Gasteiger partial charge in [-0.2, -0.15) is 0 Å². The monoisotopic (exact) mass is 540 g/mol. The molecule has 2 aromatic rings. The molecule has 9 nitrogen and oxygen atoms in total. The molecule has 0 spiro atoms. The highest BCUT2D eigenvalue weighted by atomic mass is 35.5. The summed E-state index contributed by atoms with van der Waals surface area (Å²) in [5, 5.41) is 14.3. The Kier molecular flexibility index (Phi) is 8.29. The van der Waals surface area contributed by atoms with Gasteiger partial charge in [-0.1, -0.05) is 17.7 Å². The van der Waals surface area contributed by atoms with E-state index in [9.17, 15) is 18.4 Å². The van der Waals surface area contributed by atoms with E-state index in [2.05, 4.69) is 15.3 Å². The molecule has 36 heavy (non-hydrogen) atoms. The molecule has 1 saturated heterocycles. The number of ether oxygens (including phenoxy) is 2. The molecule has 2 N–H and O–H groups in total. The van der Waals surface area contributed by atoms with Crippen LogP contribution in [0.25, 0.3) is 0 Å². The predicted octanol–water partition coefficient (Wildman–Crippen LogP) is 2.97. The van der Waals surface area contributed by atoms with Crippen LogP contribution < -0.4 is 5.32 Å². The van der Waals surface area contributed by atoms with Crippen LogP contribution in [-0.2, 0) is 19.1 Å². The molecule has 1 aromatic heterocycles. The van der Waals surface area contributed by atoms with Crippen LogP contribution >= 0.6 is 22.9 Å². The molecule has 2 aliphatic rings. The maximum Gasteiger partial charge on any atom is 0.338 e. The van der Waals surface area contributed by atoms with E-state index in [0.29, 0.717) is 22.1 Å². The van der Waals surface area contributed by atoms with Gasteiger partial charge in [0.25, 0.3) is 0 Å². The summed E-state index contributed by atoms with van der Waals surface area (Å²) >= 11 is 7.68. The van der Waals surface area contributed by atoms with Gasteiger partial charge < -0.3 is 19.9 Å². The Labute approximate surface area is 214 Å². The summed E-state index contributed by atoms with van der Waals surface area (Å²) in [4.78, 5) is 34.6. The number of thiazole rings is 1. The summed E-state index contributed by atoms with van der Waals surface area (Å²) in [5.41, 5.74) is 0.940. The van der Waals surface area contributed by atoms with Crippen molar-refractivity contribution in [1.82, 2.24) is 15.2 Å². The normalized spacial score (nSPS) is 22.0. The average Bonchev–Trinajstić information content (AvgIpc) is 3.36. The Morgan fingerprint density at radius 2 is 2.19 bits per heavy atom. The number of nitrogens with one attached hydrogen (secondary N) is 1. The molecule has 2 aliphatic heterocycles. The number of amidine groups is 1. The number of aromatic nitrogens is 1. The highest BCUT2D eigenvalue weighted by Gasteiger charge is 2.42. The van der Waals surface area contributed by atoms with Gasteiger partial charge in [-0.15, -0.1) is 11.3 Å². The Bertz CT molecular complexity index is 1190. The third-order valence-corrected chi connectivity index (χ3v) is 6.79. The summed E-state index contributed by atoms with van der Waals surface area (Å²) in [5.74, 6) is -1.97. The van der Waals surface area contributed by atoms with Gasteiger partial charge in [0, 0.05) is 40.9 Å². The molecular weight excluding hydrogens is 518 g/mol. The quantitative estimate of drug-likeness (QED) is 0.442. The summed E-state index contributed by atoms with van der Waals surface area (Å²) in [6.07, 6.45) is 0.385. The SMILES string of the molecule is CCOC(=O)C1=C(CN2CC(F)C2COCC(=O)O)NC(c2nccs2)=N[C@H]1c1ccc(F)cc1Cl. The van der Waals surface area contributed by atoms with Crippen molar-refractivity contribution in [3.8, 4) is 0 Å². The molecule has 0 saturated carbocycles. The van der Waals surface area contributed by atoms with Crippen molar-refractivity contribution in [3.05, 3.63) is 62.5 Å². The van der Waals surface area contributed by atoms with Gasteiger partial charge in [0.05, 0.1) is 24.8 Å². The molecule has 4 rings (SSSR count). The number of halogens is 3. The Morgan fingerprint density at radius 3 is 2.83 bits per heavy atom. The summed E-state index contributed by atoms with van der Waals surface area (Å²) in [6.45, 7) is 1.25. The van der Waals surface area contributed by atoms with Crippen LogP contribution in [0, 0.1) is 5.82 Å². The molecule has 0 bridgehead atoms. The highest BCUT2D eigenvalue weighted by molar-refractivity contribution is 7.11. The standard InChI is InChI=1S/C23H23ClF2N4O5S/c1-2-35-23(33)19-16(9-30-8-15(26)17(30)10-34-11-18(31)32)28-21(22-27-5-6-36-22)29-20(19)13-4-3-12(25)7-14(13)24/h3-7,15,17,20H,2,8-11H2,1H3,(H,28,29)(H,31,32)/t15?,17?,20-/m0/s1. The zero-order valence-electron chi connectivity index (χ0n) is 19.1. The lowest BCUT2D eigenvalue weighted by molar-refractivity contribution is -0.144. The van der Waals surface area contributed by atoms with E-state index in [-0.39, 0.29) is 36.9 Å². The van der Waals surface area contributed by atoms with Gasteiger partial charge in [-0.3, -0.25) is 9.89 Å². The number of benzene rings is 1. The lowest BCUT2D eigenvalue weighted by Crippen LogP contribution is -2.61. The summed E-state index contributed by atoms with van der Waals surface area (Å²) < 4.78 is 38.5. The van der Waals surface area contributed by atoms with E-state index in [1.165, 1.54) is 23.5 Å². The fraction of sp³-hybridized carbons (Fsp3) is 0.391. The predicted molar refractivity (Wildman–Crippen MR) is 128 cm³/mol. The smallest absolute Gasteiger partial charge is 0.338 e. The molecule has 0 aliphatic carbocycles. The van der Waals surface area contributed by atoms with Crippen LogP contribution in [0.5, 0.6) is 0 Å². The molecule has 3 atom stereocenters. The number of aliphatic carboxylic acids is 1. The lowest BCUT2D eigenvalue weighted by atomic mass is 9.93. The molecule has 3 heterocycles. The number of carboxylic acid groups (broad SMARTS) is 1. The number of carbonyl (C=O) groups is 2. The van der Waals surface area contributed by atoms with Gasteiger partial charge in [-0.25, -0.2) is 23.4 Å². The van der Waals surface area contributed by atoms with Gasteiger partial charge in [-0.05, 0) is 19.1 Å². The van der Waals surface area contributed by atoms with Gasteiger partial charge >= 0.3 is 11.9 Å². The number of esters is 1. The first-order valence-corrected chi connectivity index (χ1v) is 12.3. The first-order chi connectivity index (χ1) is 17.3. The van der Waals surface area contributed by atoms with Crippen LogP contribution in [-0.4, -0.2) is 77.9 Å². The van der Waals surface area contributed by atoms with Gasteiger partial charge in [0.2, 0.25) is 0 Å². The van der Waals surface area contributed by atoms with Crippen molar-refractivity contribution >= 4 is 40.7 Å². The number of nitrogens with zero attached hydrogens (tertiary/aromatic N) is 3. The maximum absolute atomic E-state index is 14.3. The third-order valence-electron chi connectivity index (χ3n) is 5.68. The highest BCUT2D eigenvalue weighted by Crippen LogP contribution is 2.37. The van der Waals surface area contributed by atoms with Crippen LogP contribution in [0.4, 0.5) is 8.78 Å². The van der Waals surface area contributed by atoms with E-state index in [0.717, 1.165) is 6.07 Å². The van der Waals surface area contributed by atoms with E-state index < -0.39 is 42.6 Å². The number of carboxylic acids is 1. The van der Waals surface area contributed by atoms with Crippen LogP contribution in [0.1, 0.15) is 23.5 Å². The van der Waals surface area contributed by atoms with Crippen molar-refractivity contribution in [2.75, 3.05) is 32.9 Å². The topological polar surface area (TPSA) is 113 Å². The van der Waals surface area contributed by atoms with Crippen LogP contribution in [0.15, 0.2) is 46.0 Å². The minimum absolute atomic E-state index is 0.0636. The largest absolute Gasteiger partial charge is 0.480 e. The number of alkyl halides is 1. The van der Waals surface area contributed by atoms with Gasteiger partial charge in [0.1, 0.15) is 24.6 Å². The zero-order valence-corrected chi connectivity index (χ0v) is 20.7. The van der Waals surface area contributed by atoms with Gasteiger partial charge in [0.15, 0.2) is 10.8 Å². The molecule has 0 amide bonds. The Morgan fingerprint density at radius 1 is 1.39 bits per heavy atom. The molecule has 1 fully saturated rings. The minimum Gasteiger partial charge on any atom is -0.480 e. The van der Waals surface area contributed by atoms with Crippen molar-refractivity contribution in [2.24, 2.45) is 4.99 Å². The number of hydrogen-bond donors (Lipinski definition) is 2. The molecule has 0 radical (unpaired) electrons. The number of hydrogen-bond acceptors (Lipinski definition) is 9. The average molecular weight is 541 g/mol. The fourth-order valence-corrected chi connectivity index (χ4v) is 4.86. The molecular formula is C23H23ClF2N4O5S. The van der Waals surface area contributed by atoms with Crippen molar-refractivity contribution < 1.29 is 33.0 Å². The molecule has 192 valence electrons. The van der Waals surface area contributed by atoms with E-state index in [4.69, 9.17) is 26.2 Å². The Hall–Kier alpha value is -2.93. The summed E-state index contributed by atoms with van der Waals surface area (Å²) in [6, 6.07) is 2.19. The maximum atomic E-state index is 14.3. The van der Waals surface area contributed by atoms with E-state index in [1.807, 2.05) is 0 Å². The second-order valence-electron chi connectivity index (χ2n) is 8.04. The third kappa shape index (κ3) is 5.72. The van der Waals surface area contributed by atoms with E-state index in [1.54, 1.807) is 23.4 Å². The van der Waals surface area contributed by atoms with Crippen molar-refractivity contribution in [3.63, 3.8) is 0 Å². The van der Waals surface area contributed by atoms with Crippen LogP contribution in [0.3, 0.4) is 0 Å². The van der Waals surface area contributed by atoms with Crippen molar-refractivity contribution in [1.29, 1.82) is 0 Å². The van der Waals surface area contributed by atoms with Crippen LogP contribution in [0.2, 0.25) is 5.02 Å². The second kappa shape index (κ2) is 11.4. The fourth-order valence-electron chi connectivity index (χ4n) is 4.00.